The van der Waals surface area contributed by atoms with E-state index in [0.29, 0.717) is 11.3 Å². The highest BCUT2D eigenvalue weighted by atomic mass is 19.1. The van der Waals surface area contributed by atoms with Crippen LogP contribution >= 0.6 is 0 Å². The summed E-state index contributed by atoms with van der Waals surface area (Å²) in [4.78, 5) is 0. The predicted octanol–water partition coefficient (Wildman–Crippen LogP) is 6.15. The minimum absolute atomic E-state index is 0.0513. The molecule has 0 fully saturated rings. The summed E-state index contributed by atoms with van der Waals surface area (Å²) < 4.78 is 34.6. The van der Waals surface area contributed by atoms with Gasteiger partial charge in [0.1, 0.15) is 17.4 Å². The van der Waals surface area contributed by atoms with E-state index in [2.05, 4.69) is 19.9 Å². The predicted molar refractivity (Wildman–Crippen MR) is 94.1 cm³/mol. The molecule has 0 bridgehead atoms. The van der Waals surface area contributed by atoms with Gasteiger partial charge in [0.15, 0.2) is 0 Å². The van der Waals surface area contributed by atoms with E-state index < -0.39 is 11.6 Å². The monoisotopic (exact) mass is 328 g/mol. The maximum atomic E-state index is 14.9. The van der Waals surface area contributed by atoms with Gasteiger partial charge < -0.3 is 4.74 Å². The van der Waals surface area contributed by atoms with Gasteiger partial charge >= 0.3 is 0 Å². The molecule has 0 aliphatic heterocycles. The summed E-state index contributed by atoms with van der Waals surface area (Å²) in [5.41, 5.74) is 3.20. The second-order valence-corrected chi connectivity index (χ2v) is 7.06. The van der Waals surface area contributed by atoms with Crippen molar-refractivity contribution in [2.75, 3.05) is 7.11 Å². The first-order valence-electron chi connectivity index (χ1n) is 8.18. The Labute approximate surface area is 142 Å². The van der Waals surface area contributed by atoms with Crippen molar-refractivity contribution in [1.29, 1.82) is 0 Å². The van der Waals surface area contributed by atoms with Crippen LogP contribution in [0.15, 0.2) is 36.4 Å². The number of allylic oxidation sites excluding steroid dienone is 2. The van der Waals surface area contributed by atoms with Crippen LogP contribution in [0, 0.1) is 24.0 Å². The number of rotatable bonds is 3. The van der Waals surface area contributed by atoms with Crippen molar-refractivity contribution >= 4 is 5.57 Å². The molecule has 1 aliphatic carbocycles. The first-order valence-corrected chi connectivity index (χ1v) is 8.18. The van der Waals surface area contributed by atoms with Crippen molar-refractivity contribution < 1.29 is 13.5 Å². The molecule has 0 amide bonds. The Morgan fingerprint density at radius 1 is 1.00 bits per heavy atom. The van der Waals surface area contributed by atoms with E-state index in [1.807, 2.05) is 13.0 Å². The molecule has 0 saturated heterocycles. The molecule has 0 N–H and O–H groups in total. The van der Waals surface area contributed by atoms with Gasteiger partial charge in [-0.1, -0.05) is 26.0 Å². The van der Waals surface area contributed by atoms with Gasteiger partial charge in [-0.3, -0.25) is 0 Å². The van der Waals surface area contributed by atoms with Gasteiger partial charge in [-0.2, -0.15) is 0 Å². The van der Waals surface area contributed by atoms with Crippen molar-refractivity contribution in [3.8, 4) is 16.9 Å². The lowest BCUT2D eigenvalue weighted by molar-refractivity contribution is 0.414. The van der Waals surface area contributed by atoms with Gasteiger partial charge in [-0.15, -0.1) is 0 Å². The van der Waals surface area contributed by atoms with Crippen LogP contribution in [0.1, 0.15) is 37.8 Å². The van der Waals surface area contributed by atoms with Crippen LogP contribution in [0.4, 0.5) is 8.78 Å². The summed E-state index contributed by atoms with van der Waals surface area (Å²) in [6, 6.07) is 7.85. The highest BCUT2D eigenvalue weighted by Gasteiger charge is 2.31. The van der Waals surface area contributed by atoms with Crippen molar-refractivity contribution in [2.45, 2.75) is 33.6 Å². The van der Waals surface area contributed by atoms with Crippen molar-refractivity contribution in [3.05, 3.63) is 59.2 Å². The Hall–Kier alpha value is -2.16. The third-order valence-electron chi connectivity index (χ3n) is 4.81. The minimum Gasteiger partial charge on any atom is -0.497 e. The van der Waals surface area contributed by atoms with Gasteiger partial charge in [-0.25, -0.2) is 8.78 Å². The molecule has 0 radical (unpaired) electrons. The van der Waals surface area contributed by atoms with E-state index in [-0.39, 0.29) is 11.0 Å². The Morgan fingerprint density at radius 3 is 2.38 bits per heavy atom. The number of hydrogen-bond donors (Lipinski definition) is 0. The molecular weight excluding hydrogens is 306 g/mol. The van der Waals surface area contributed by atoms with Crippen molar-refractivity contribution in [3.63, 3.8) is 0 Å². The molecule has 0 saturated carbocycles. The maximum Gasteiger partial charge on any atom is 0.132 e. The smallest absolute Gasteiger partial charge is 0.132 e. The van der Waals surface area contributed by atoms with Gasteiger partial charge in [0.05, 0.1) is 7.11 Å². The van der Waals surface area contributed by atoms with Crippen molar-refractivity contribution in [1.82, 2.24) is 0 Å². The highest BCUT2D eigenvalue weighted by molar-refractivity contribution is 5.85. The summed E-state index contributed by atoms with van der Waals surface area (Å²) in [6.45, 7) is 6.16. The normalized spacial score (nSPS) is 16.2. The molecule has 2 aromatic rings. The zero-order valence-electron chi connectivity index (χ0n) is 14.5. The SMILES string of the molecule is COc1ccc(F)c(-c2c(F)cc(C)cc2C2=CCCC2(C)C)c1. The number of halogens is 2. The number of ether oxygens (including phenoxy) is 1. The van der Waals surface area contributed by atoms with E-state index in [1.54, 1.807) is 12.1 Å². The van der Waals surface area contributed by atoms with Gasteiger partial charge in [0.25, 0.3) is 0 Å². The van der Waals surface area contributed by atoms with Crippen LogP contribution in [0.2, 0.25) is 0 Å². The van der Waals surface area contributed by atoms with Crippen LogP contribution in [-0.2, 0) is 0 Å². The minimum atomic E-state index is -0.448. The summed E-state index contributed by atoms with van der Waals surface area (Å²) in [5.74, 6) is -0.339. The third kappa shape index (κ3) is 2.83. The van der Waals surface area contributed by atoms with Gasteiger partial charge in [0, 0.05) is 11.1 Å². The first-order chi connectivity index (χ1) is 11.3. The van der Waals surface area contributed by atoms with Crippen LogP contribution in [0.25, 0.3) is 16.7 Å². The molecule has 1 aliphatic rings. The molecule has 126 valence electrons. The van der Waals surface area contributed by atoms with E-state index in [4.69, 9.17) is 4.74 Å². The van der Waals surface area contributed by atoms with Gasteiger partial charge in [0.2, 0.25) is 0 Å². The fourth-order valence-corrected chi connectivity index (χ4v) is 3.51. The van der Waals surface area contributed by atoms with E-state index in [0.717, 1.165) is 29.5 Å². The second-order valence-electron chi connectivity index (χ2n) is 7.06. The molecule has 0 atom stereocenters. The Morgan fingerprint density at radius 2 is 1.75 bits per heavy atom. The molecule has 3 rings (SSSR count). The lowest BCUT2D eigenvalue weighted by Crippen LogP contribution is -2.11. The Kier molecular flexibility index (Phi) is 4.20. The lowest BCUT2D eigenvalue weighted by Gasteiger charge is -2.25. The zero-order chi connectivity index (χ0) is 17.5. The highest BCUT2D eigenvalue weighted by Crippen LogP contribution is 2.48. The topological polar surface area (TPSA) is 9.23 Å². The molecule has 3 heteroatoms. The zero-order valence-corrected chi connectivity index (χ0v) is 14.5. The number of methoxy groups -OCH3 is 1. The largest absolute Gasteiger partial charge is 0.497 e. The van der Waals surface area contributed by atoms with Crippen molar-refractivity contribution in [2.24, 2.45) is 5.41 Å². The average Bonchev–Trinajstić information content (AvgIpc) is 2.87. The van der Waals surface area contributed by atoms with E-state index >= 15 is 0 Å². The molecule has 2 aromatic carbocycles. The molecule has 0 unspecified atom stereocenters. The number of benzene rings is 2. The Balaban J connectivity index is 2.29. The lowest BCUT2D eigenvalue weighted by atomic mass is 9.79. The fourth-order valence-electron chi connectivity index (χ4n) is 3.51. The molecule has 0 spiro atoms. The summed E-state index contributed by atoms with van der Waals surface area (Å²) in [6.07, 6.45) is 4.12. The maximum absolute atomic E-state index is 14.9. The quantitative estimate of drug-likeness (QED) is 0.656. The summed E-state index contributed by atoms with van der Waals surface area (Å²) in [5, 5.41) is 0. The van der Waals surface area contributed by atoms with Crippen LogP contribution in [0.5, 0.6) is 5.75 Å². The number of hydrogen-bond acceptors (Lipinski definition) is 1. The van der Waals surface area contributed by atoms with Crippen LogP contribution in [-0.4, -0.2) is 7.11 Å². The average molecular weight is 328 g/mol. The van der Waals surface area contributed by atoms with Gasteiger partial charge in [-0.05, 0) is 66.1 Å². The Bertz CT molecular complexity index is 819. The molecule has 1 nitrogen and oxygen atoms in total. The molecular formula is C21H22F2O. The fraction of sp³-hybridized carbons (Fsp3) is 0.333. The van der Waals surface area contributed by atoms with E-state index in [9.17, 15) is 8.78 Å². The van der Waals surface area contributed by atoms with E-state index in [1.165, 1.54) is 19.2 Å². The second kappa shape index (κ2) is 6.04. The third-order valence-corrected chi connectivity index (χ3v) is 4.81. The summed E-state index contributed by atoms with van der Waals surface area (Å²) in [7, 11) is 1.52. The van der Waals surface area contributed by atoms with Crippen LogP contribution < -0.4 is 4.74 Å². The number of aryl methyl sites for hydroxylation is 1. The first kappa shape index (κ1) is 16.7. The van der Waals surface area contributed by atoms with Crippen LogP contribution in [0.3, 0.4) is 0 Å². The molecule has 0 heterocycles. The summed E-state index contributed by atoms with van der Waals surface area (Å²) >= 11 is 0. The molecule has 24 heavy (non-hydrogen) atoms. The standard InChI is InChI=1S/C21H22F2O/c1-13-10-15(17-6-5-9-21(17,2)3)20(19(23)11-13)16-12-14(24-4)7-8-18(16)22/h6-8,10-12H,5,9H2,1-4H3. The molecule has 0 aromatic heterocycles.